The molecule has 0 unspecified atom stereocenters. The van der Waals surface area contributed by atoms with Gasteiger partial charge in [0.25, 0.3) is 5.56 Å². The van der Waals surface area contributed by atoms with E-state index in [2.05, 4.69) is 9.84 Å². The van der Waals surface area contributed by atoms with Gasteiger partial charge in [-0.2, -0.15) is 5.10 Å². The number of nitrogens with zero attached hydrogens (tertiary/aromatic N) is 2. The van der Waals surface area contributed by atoms with E-state index in [4.69, 9.17) is 9.47 Å². The van der Waals surface area contributed by atoms with Crippen LogP contribution in [0.2, 0.25) is 0 Å². The van der Waals surface area contributed by atoms with E-state index in [1.807, 2.05) is 42.5 Å². The molecule has 7 nitrogen and oxygen atoms in total. The average molecular weight is 366 g/mol. The van der Waals surface area contributed by atoms with E-state index in [1.54, 1.807) is 12.1 Å². The van der Waals surface area contributed by atoms with Gasteiger partial charge in [-0.1, -0.05) is 30.3 Å². The van der Waals surface area contributed by atoms with Gasteiger partial charge in [-0.15, -0.1) is 0 Å². The highest BCUT2D eigenvalue weighted by Crippen LogP contribution is 2.36. The number of aryl methyl sites for hydroxylation is 1. The zero-order valence-electron chi connectivity index (χ0n) is 14.9. The second-order valence-electron chi connectivity index (χ2n) is 5.60. The molecule has 1 aromatic heterocycles. The number of rotatable bonds is 6. The molecular weight excluding hydrogens is 348 g/mol. The molecule has 1 heterocycles. The Bertz CT molecular complexity index is 999. The van der Waals surface area contributed by atoms with E-state index >= 15 is 0 Å². The number of para-hydroxylation sites is 2. The summed E-state index contributed by atoms with van der Waals surface area (Å²) in [5.41, 5.74) is 0.643. The Morgan fingerprint density at radius 2 is 1.74 bits per heavy atom. The fourth-order valence-corrected chi connectivity index (χ4v) is 2.38. The van der Waals surface area contributed by atoms with Crippen LogP contribution in [0.1, 0.15) is 0 Å². The molecular formula is C20H18N2O5. The number of benzene rings is 2. The summed E-state index contributed by atoms with van der Waals surface area (Å²) in [5.74, 6) is 0.813. The fraction of sp³-hybridized carbons (Fsp3) is 0.150. The molecule has 0 aliphatic heterocycles. The Hall–Kier alpha value is -3.61. The van der Waals surface area contributed by atoms with E-state index in [0.29, 0.717) is 22.8 Å². The lowest BCUT2D eigenvalue weighted by Gasteiger charge is -2.14. The van der Waals surface area contributed by atoms with E-state index in [9.17, 15) is 9.59 Å². The van der Waals surface area contributed by atoms with Crippen molar-refractivity contribution < 1.29 is 19.0 Å². The average Bonchev–Trinajstić information content (AvgIpc) is 2.69. The molecule has 0 bridgehead atoms. The quantitative estimate of drug-likeness (QED) is 0.624. The molecule has 0 saturated heterocycles. The van der Waals surface area contributed by atoms with Gasteiger partial charge in [0.15, 0.2) is 12.4 Å². The number of hydrogen-bond donors (Lipinski definition) is 0. The monoisotopic (exact) mass is 366 g/mol. The Morgan fingerprint density at radius 1 is 1.04 bits per heavy atom. The molecule has 0 aliphatic rings. The molecule has 0 amide bonds. The summed E-state index contributed by atoms with van der Waals surface area (Å²) < 4.78 is 17.2. The highest BCUT2D eigenvalue weighted by molar-refractivity contribution is 5.74. The van der Waals surface area contributed by atoms with Gasteiger partial charge in [-0.25, -0.2) is 9.48 Å². The normalized spacial score (nSPS) is 10.3. The fourth-order valence-electron chi connectivity index (χ4n) is 2.38. The summed E-state index contributed by atoms with van der Waals surface area (Å²) in [6.07, 6.45) is 0. The second kappa shape index (κ2) is 8.18. The minimum atomic E-state index is -0.560. The molecule has 27 heavy (non-hydrogen) atoms. The molecule has 3 aromatic rings. The summed E-state index contributed by atoms with van der Waals surface area (Å²) in [5, 5.41) is 4.30. The van der Waals surface area contributed by atoms with Crippen LogP contribution in [-0.2, 0) is 16.6 Å². The van der Waals surface area contributed by atoms with Crippen LogP contribution in [0.4, 0.5) is 0 Å². The van der Waals surface area contributed by atoms with Crippen molar-refractivity contribution in [2.75, 3.05) is 13.7 Å². The summed E-state index contributed by atoms with van der Waals surface area (Å²) in [4.78, 5) is 23.4. The summed E-state index contributed by atoms with van der Waals surface area (Å²) in [6, 6.07) is 17.8. The molecule has 3 rings (SSSR count). The molecule has 0 saturated carbocycles. The highest BCUT2D eigenvalue weighted by Gasteiger charge is 2.17. The van der Waals surface area contributed by atoms with Crippen LogP contribution in [0.15, 0.2) is 65.5 Å². The van der Waals surface area contributed by atoms with Crippen molar-refractivity contribution in [3.8, 4) is 28.5 Å². The second-order valence-corrected chi connectivity index (χ2v) is 5.60. The van der Waals surface area contributed by atoms with Crippen molar-refractivity contribution >= 4 is 5.97 Å². The lowest BCUT2D eigenvalue weighted by molar-refractivity contribution is -0.142. The van der Waals surface area contributed by atoms with Gasteiger partial charge in [-0.3, -0.25) is 4.79 Å². The number of hydrogen-bond acceptors (Lipinski definition) is 6. The van der Waals surface area contributed by atoms with Gasteiger partial charge in [0, 0.05) is 18.7 Å². The van der Waals surface area contributed by atoms with E-state index in [-0.39, 0.29) is 17.9 Å². The van der Waals surface area contributed by atoms with Crippen molar-refractivity contribution in [2.24, 2.45) is 7.05 Å². The predicted octanol–water partition coefficient (Wildman–Crippen LogP) is 2.79. The third-order valence-electron chi connectivity index (χ3n) is 3.74. The van der Waals surface area contributed by atoms with Crippen LogP contribution in [0.25, 0.3) is 11.3 Å². The molecule has 0 aliphatic carbocycles. The van der Waals surface area contributed by atoms with Gasteiger partial charge >= 0.3 is 5.97 Å². The molecule has 0 fully saturated rings. The van der Waals surface area contributed by atoms with Crippen molar-refractivity contribution in [1.29, 1.82) is 0 Å². The lowest BCUT2D eigenvalue weighted by Crippen LogP contribution is -2.21. The third-order valence-corrected chi connectivity index (χ3v) is 3.74. The van der Waals surface area contributed by atoms with Gasteiger partial charge in [0.2, 0.25) is 0 Å². The van der Waals surface area contributed by atoms with Gasteiger partial charge in [0.05, 0.1) is 7.11 Å². The molecule has 0 radical (unpaired) electrons. The first kappa shape index (κ1) is 18.2. The van der Waals surface area contributed by atoms with Gasteiger partial charge in [0.1, 0.15) is 17.2 Å². The lowest BCUT2D eigenvalue weighted by atomic mass is 10.1. The molecule has 138 valence electrons. The van der Waals surface area contributed by atoms with E-state index in [1.165, 1.54) is 24.9 Å². The molecule has 0 N–H and O–H groups in total. The van der Waals surface area contributed by atoms with Crippen molar-refractivity contribution in [3.63, 3.8) is 0 Å². The summed E-state index contributed by atoms with van der Waals surface area (Å²) in [7, 11) is 2.80. The Balaban J connectivity index is 2.04. The minimum Gasteiger partial charge on any atom is -0.479 e. The number of aromatic nitrogens is 2. The van der Waals surface area contributed by atoms with Crippen LogP contribution in [0.3, 0.4) is 0 Å². The maximum absolute atomic E-state index is 12.0. The van der Waals surface area contributed by atoms with Crippen LogP contribution in [0.5, 0.6) is 17.2 Å². The third kappa shape index (κ3) is 4.33. The maximum atomic E-state index is 12.0. The number of ether oxygens (including phenoxy) is 3. The summed E-state index contributed by atoms with van der Waals surface area (Å²) in [6.45, 7) is -0.333. The van der Waals surface area contributed by atoms with Gasteiger partial charge < -0.3 is 14.2 Å². The molecule has 7 heteroatoms. The van der Waals surface area contributed by atoms with Crippen LogP contribution >= 0.6 is 0 Å². The van der Waals surface area contributed by atoms with Crippen LogP contribution in [0, 0.1) is 0 Å². The zero-order chi connectivity index (χ0) is 19.2. The Kier molecular flexibility index (Phi) is 5.51. The standard InChI is InChI=1S/C20H18N2O5/c1-22-18(23)12-17(26-13-19(24)25-2)20(21-22)15-10-6-7-11-16(15)27-14-8-4-3-5-9-14/h3-12H,13H2,1-2H3. The topological polar surface area (TPSA) is 79.7 Å². The Labute approximate surface area is 155 Å². The van der Waals surface area contributed by atoms with Crippen LogP contribution in [-0.4, -0.2) is 29.5 Å². The SMILES string of the molecule is COC(=O)COc1cc(=O)n(C)nc1-c1ccccc1Oc1ccccc1. The first-order valence-electron chi connectivity index (χ1n) is 8.19. The maximum Gasteiger partial charge on any atom is 0.343 e. The molecule has 0 spiro atoms. The number of esters is 1. The van der Waals surface area contributed by atoms with Crippen molar-refractivity contribution in [1.82, 2.24) is 9.78 Å². The van der Waals surface area contributed by atoms with E-state index < -0.39 is 5.97 Å². The van der Waals surface area contributed by atoms with Crippen molar-refractivity contribution in [3.05, 3.63) is 71.0 Å². The van der Waals surface area contributed by atoms with Gasteiger partial charge in [-0.05, 0) is 24.3 Å². The molecule has 0 atom stereocenters. The summed E-state index contributed by atoms with van der Waals surface area (Å²) >= 11 is 0. The van der Waals surface area contributed by atoms with Crippen LogP contribution < -0.4 is 15.0 Å². The number of carbonyl (C=O) groups is 1. The molecule has 2 aromatic carbocycles. The first-order valence-corrected chi connectivity index (χ1v) is 8.19. The van der Waals surface area contributed by atoms with Crippen molar-refractivity contribution in [2.45, 2.75) is 0 Å². The zero-order valence-corrected chi connectivity index (χ0v) is 14.9. The smallest absolute Gasteiger partial charge is 0.343 e. The Morgan fingerprint density at radius 3 is 2.48 bits per heavy atom. The highest BCUT2D eigenvalue weighted by atomic mass is 16.6. The minimum absolute atomic E-state index is 0.174. The number of carbonyl (C=O) groups excluding carboxylic acids is 1. The largest absolute Gasteiger partial charge is 0.479 e. The van der Waals surface area contributed by atoms with E-state index in [0.717, 1.165) is 0 Å². The number of methoxy groups -OCH3 is 1. The first-order chi connectivity index (χ1) is 13.1. The predicted molar refractivity (Wildman–Crippen MR) is 98.9 cm³/mol.